The third-order valence-electron chi connectivity index (χ3n) is 5.65. The highest BCUT2D eigenvalue weighted by Crippen LogP contribution is 2.19. The first kappa shape index (κ1) is 19.3. The molecule has 1 amide bonds. The van der Waals surface area contributed by atoms with Gasteiger partial charge >= 0.3 is 0 Å². The molecule has 0 aromatic carbocycles. The second kappa shape index (κ2) is 8.97. The predicted octanol–water partition coefficient (Wildman–Crippen LogP) is 1.22. The van der Waals surface area contributed by atoms with Crippen molar-refractivity contribution < 1.29 is 14.4 Å². The van der Waals surface area contributed by atoms with E-state index in [0.717, 1.165) is 49.5 Å². The van der Waals surface area contributed by atoms with Gasteiger partial charge in [-0.1, -0.05) is 5.16 Å². The van der Waals surface area contributed by atoms with Crippen LogP contribution in [0.3, 0.4) is 0 Å². The summed E-state index contributed by atoms with van der Waals surface area (Å²) >= 11 is 0. The summed E-state index contributed by atoms with van der Waals surface area (Å²) in [4.78, 5) is 16.8. The molecular weight excluding hydrogens is 332 g/mol. The van der Waals surface area contributed by atoms with Gasteiger partial charge in [0.2, 0.25) is 5.91 Å². The molecule has 146 valence electrons. The Morgan fingerprint density at radius 2 is 2.04 bits per heavy atom. The first-order chi connectivity index (χ1) is 12.5. The zero-order valence-electron chi connectivity index (χ0n) is 16.0. The number of aliphatic hydroxyl groups is 1. The van der Waals surface area contributed by atoms with Crippen LogP contribution < -0.4 is 5.32 Å². The lowest BCUT2D eigenvalue weighted by Crippen LogP contribution is -2.53. The Morgan fingerprint density at radius 1 is 1.27 bits per heavy atom. The van der Waals surface area contributed by atoms with Crippen LogP contribution in [0.5, 0.6) is 0 Å². The second-order valence-corrected chi connectivity index (χ2v) is 7.72. The number of aliphatic hydroxyl groups excluding tert-OH is 1. The van der Waals surface area contributed by atoms with E-state index >= 15 is 0 Å². The van der Waals surface area contributed by atoms with Gasteiger partial charge in [0.25, 0.3) is 0 Å². The molecule has 3 rings (SSSR count). The Labute approximate surface area is 155 Å². The van der Waals surface area contributed by atoms with E-state index in [9.17, 15) is 9.90 Å². The highest BCUT2D eigenvalue weighted by Gasteiger charge is 2.29. The number of nitrogens with zero attached hydrogens (tertiary/aromatic N) is 3. The zero-order valence-corrected chi connectivity index (χ0v) is 16.0. The van der Waals surface area contributed by atoms with Crippen LogP contribution in [-0.4, -0.2) is 70.8 Å². The fourth-order valence-electron chi connectivity index (χ4n) is 4.01. The van der Waals surface area contributed by atoms with Gasteiger partial charge in [0.15, 0.2) is 0 Å². The summed E-state index contributed by atoms with van der Waals surface area (Å²) in [5, 5.41) is 17.5. The number of aryl methyl sites for hydroxylation is 2. The number of hydrogen-bond acceptors (Lipinski definition) is 6. The van der Waals surface area contributed by atoms with E-state index in [-0.39, 0.29) is 11.9 Å². The second-order valence-electron chi connectivity index (χ2n) is 7.72. The van der Waals surface area contributed by atoms with E-state index in [1.807, 2.05) is 13.8 Å². The Bertz CT molecular complexity index is 578. The van der Waals surface area contributed by atoms with Crippen LogP contribution in [0.2, 0.25) is 0 Å². The average molecular weight is 364 g/mol. The molecule has 2 unspecified atom stereocenters. The number of aromatic nitrogens is 1. The number of likely N-dealkylation sites (tertiary alicyclic amines) is 2. The van der Waals surface area contributed by atoms with Crippen molar-refractivity contribution in [2.75, 3.05) is 32.7 Å². The van der Waals surface area contributed by atoms with Crippen molar-refractivity contribution in [3.8, 4) is 0 Å². The number of piperidine rings is 1. The van der Waals surface area contributed by atoms with Crippen molar-refractivity contribution in [3.05, 3.63) is 17.0 Å². The predicted molar refractivity (Wildman–Crippen MR) is 98.7 cm³/mol. The van der Waals surface area contributed by atoms with Gasteiger partial charge in [-0.2, -0.15) is 0 Å². The lowest BCUT2D eigenvalue weighted by molar-refractivity contribution is -0.123. The molecule has 7 heteroatoms. The van der Waals surface area contributed by atoms with E-state index in [1.165, 1.54) is 25.9 Å². The summed E-state index contributed by atoms with van der Waals surface area (Å²) in [6, 6.07) is -0.143. The minimum atomic E-state index is -0.535. The number of amides is 1. The van der Waals surface area contributed by atoms with Gasteiger partial charge in [-0.15, -0.1) is 0 Å². The maximum absolute atomic E-state index is 12.2. The van der Waals surface area contributed by atoms with Crippen molar-refractivity contribution >= 4 is 5.91 Å². The summed E-state index contributed by atoms with van der Waals surface area (Å²) in [5.41, 5.74) is 2.01. The maximum Gasteiger partial charge on any atom is 0.220 e. The van der Waals surface area contributed by atoms with Gasteiger partial charge in [-0.25, -0.2) is 0 Å². The summed E-state index contributed by atoms with van der Waals surface area (Å²) in [6.07, 6.45) is 4.24. The fraction of sp³-hybridized carbons (Fsp3) is 0.789. The SMILES string of the molecule is Cc1noc(C)c1CN1CCC(NC(=O)CCCN2CCCC2)C(O)C1. The summed E-state index contributed by atoms with van der Waals surface area (Å²) in [6.45, 7) is 9.34. The van der Waals surface area contributed by atoms with E-state index in [1.54, 1.807) is 0 Å². The van der Waals surface area contributed by atoms with Gasteiger partial charge in [0, 0.05) is 31.6 Å². The largest absolute Gasteiger partial charge is 0.390 e. The van der Waals surface area contributed by atoms with Gasteiger partial charge in [-0.05, 0) is 59.2 Å². The molecule has 2 aliphatic rings. The summed E-state index contributed by atoms with van der Waals surface area (Å²) < 4.78 is 5.21. The quantitative estimate of drug-likeness (QED) is 0.757. The van der Waals surface area contributed by atoms with Gasteiger partial charge in [0.1, 0.15) is 5.76 Å². The smallest absolute Gasteiger partial charge is 0.220 e. The zero-order chi connectivity index (χ0) is 18.5. The molecule has 0 aliphatic carbocycles. The van der Waals surface area contributed by atoms with Gasteiger partial charge in [-0.3, -0.25) is 9.69 Å². The van der Waals surface area contributed by atoms with Crippen LogP contribution in [0.4, 0.5) is 0 Å². The molecule has 0 spiro atoms. The monoisotopic (exact) mass is 364 g/mol. The molecule has 3 heterocycles. The van der Waals surface area contributed by atoms with Gasteiger partial charge < -0.3 is 19.8 Å². The molecular formula is C19H32N4O3. The number of β-amino-alcohol motifs (C(OH)–C–C–N with tert-alkyl or cyclic N) is 1. The summed E-state index contributed by atoms with van der Waals surface area (Å²) in [7, 11) is 0. The molecule has 2 saturated heterocycles. The Morgan fingerprint density at radius 3 is 2.69 bits per heavy atom. The standard InChI is InChI=1S/C19H32N4O3/c1-14-16(15(2)26-21-14)12-23-11-7-17(18(24)13-23)20-19(25)6-5-10-22-8-3-4-9-22/h17-18,24H,3-13H2,1-2H3,(H,20,25). The molecule has 0 radical (unpaired) electrons. The Hall–Kier alpha value is -1.44. The molecule has 1 aromatic rings. The van der Waals surface area contributed by atoms with Crippen LogP contribution in [0.15, 0.2) is 4.52 Å². The molecule has 0 bridgehead atoms. The molecule has 1 aromatic heterocycles. The first-order valence-corrected chi connectivity index (χ1v) is 9.87. The highest BCUT2D eigenvalue weighted by atomic mass is 16.5. The minimum absolute atomic E-state index is 0.0624. The van der Waals surface area contributed by atoms with Crippen molar-refractivity contribution in [3.63, 3.8) is 0 Å². The maximum atomic E-state index is 12.2. The molecule has 2 fully saturated rings. The van der Waals surface area contributed by atoms with Crippen molar-refractivity contribution in [2.24, 2.45) is 0 Å². The molecule has 2 atom stereocenters. The van der Waals surface area contributed by atoms with Crippen molar-refractivity contribution in [2.45, 2.75) is 64.6 Å². The first-order valence-electron chi connectivity index (χ1n) is 9.87. The third kappa shape index (κ3) is 5.05. The van der Waals surface area contributed by atoms with E-state index < -0.39 is 6.10 Å². The number of carbonyl (C=O) groups excluding carboxylic acids is 1. The Kier molecular flexibility index (Phi) is 6.67. The molecule has 7 nitrogen and oxygen atoms in total. The lowest BCUT2D eigenvalue weighted by atomic mass is 10.0. The fourth-order valence-corrected chi connectivity index (χ4v) is 4.01. The van der Waals surface area contributed by atoms with E-state index in [4.69, 9.17) is 4.52 Å². The average Bonchev–Trinajstić information content (AvgIpc) is 3.23. The Balaban J connectivity index is 1.38. The molecule has 26 heavy (non-hydrogen) atoms. The normalized spacial score (nSPS) is 24.9. The lowest BCUT2D eigenvalue weighted by Gasteiger charge is -2.36. The molecule has 2 aliphatic heterocycles. The van der Waals surface area contributed by atoms with Crippen LogP contribution in [0.1, 0.15) is 49.1 Å². The third-order valence-corrected chi connectivity index (χ3v) is 5.65. The van der Waals surface area contributed by atoms with Crippen LogP contribution in [0, 0.1) is 13.8 Å². The van der Waals surface area contributed by atoms with Gasteiger partial charge in [0.05, 0.1) is 17.8 Å². The van der Waals surface area contributed by atoms with E-state index in [0.29, 0.717) is 13.0 Å². The molecule has 2 N–H and O–H groups in total. The van der Waals surface area contributed by atoms with Crippen LogP contribution in [-0.2, 0) is 11.3 Å². The van der Waals surface area contributed by atoms with Crippen LogP contribution in [0.25, 0.3) is 0 Å². The number of carbonyl (C=O) groups is 1. The van der Waals surface area contributed by atoms with Crippen molar-refractivity contribution in [1.29, 1.82) is 0 Å². The number of hydrogen-bond donors (Lipinski definition) is 2. The number of nitrogens with one attached hydrogen (secondary N) is 1. The van der Waals surface area contributed by atoms with Crippen molar-refractivity contribution in [1.82, 2.24) is 20.3 Å². The minimum Gasteiger partial charge on any atom is -0.390 e. The topological polar surface area (TPSA) is 81.8 Å². The summed E-state index contributed by atoms with van der Waals surface area (Å²) in [5.74, 6) is 0.901. The van der Waals surface area contributed by atoms with Crippen LogP contribution >= 0.6 is 0 Å². The number of rotatable bonds is 7. The highest BCUT2D eigenvalue weighted by molar-refractivity contribution is 5.76. The molecule has 0 saturated carbocycles. The van der Waals surface area contributed by atoms with E-state index in [2.05, 4.69) is 20.3 Å².